The summed E-state index contributed by atoms with van der Waals surface area (Å²) in [6.07, 6.45) is -3.59. The molecule has 2 amide bonds. The first kappa shape index (κ1) is 34.2. The number of ketones is 1. The van der Waals surface area contributed by atoms with Crippen LogP contribution < -0.4 is 28.0 Å². The highest BCUT2D eigenvalue weighted by Crippen LogP contribution is 2.29. The van der Waals surface area contributed by atoms with Gasteiger partial charge < -0.3 is 37.1 Å². The van der Waals surface area contributed by atoms with Gasteiger partial charge in [0.1, 0.15) is 0 Å². The van der Waals surface area contributed by atoms with Gasteiger partial charge in [-0.15, -0.1) is 0 Å². The molecule has 1 aliphatic heterocycles. The van der Waals surface area contributed by atoms with E-state index in [9.17, 15) is 32.6 Å². The fourth-order valence-corrected chi connectivity index (χ4v) is 4.89. The average Bonchev–Trinajstić information content (AvgIpc) is 3.35. The summed E-state index contributed by atoms with van der Waals surface area (Å²) in [5.41, 5.74) is 19.3. The number of carbonyl (C=O) groups is 3. The van der Waals surface area contributed by atoms with Crippen LogP contribution in [0.1, 0.15) is 47.9 Å². The molecule has 43 heavy (non-hydrogen) atoms. The largest absolute Gasteiger partial charge is 0.491 e. The number of fused-ring (bicyclic) bond motifs is 1. The van der Waals surface area contributed by atoms with Crippen molar-refractivity contribution < 1.29 is 37.2 Å². The van der Waals surface area contributed by atoms with E-state index in [1.807, 2.05) is 6.07 Å². The summed E-state index contributed by atoms with van der Waals surface area (Å²) < 4.78 is 44.1. The first-order chi connectivity index (χ1) is 20.4. The number of hydrogen-bond donors (Lipinski definition) is 5. The van der Waals surface area contributed by atoms with E-state index in [1.54, 1.807) is 12.1 Å². The third-order valence-corrected chi connectivity index (χ3v) is 7.40. The van der Waals surface area contributed by atoms with Gasteiger partial charge in [-0.2, -0.15) is 13.2 Å². The molecule has 1 heterocycles. The highest BCUT2D eigenvalue weighted by molar-refractivity contribution is 6.61. The van der Waals surface area contributed by atoms with Gasteiger partial charge in [0, 0.05) is 39.0 Å². The number of nitrogens with two attached hydrogens (primary N) is 3. The predicted octanol–water partition coefficient (Wildman–Crippen LogP) is 0.396. The van der Waals surface area contributed by atoms with Crippen LogP contribution in [-0.2, 0) is 44.7 Å². The molecular formula is C29H39BF3N5O5. The van der Waals surface area contributed by atoms with E-state index in [0.717, 1.165) is 23.3 Å². The Morgan fingerprint density at radius 1 is 0.977 bits per heavy atom. The molecule has 2 atom stereocenters. The van der Waals surface area contributed by atoms with E-state index in [4.69, 9.17) is 21.9 Å². The van der Waals surface area contributed by atoms with Gasteiger partial charge in [-0.25, -0.2) is 0 Å². The number of Topliss-reactive ketones (excluding diaryl/α,β-unsaturated/α-hetero) is 1. The maximum absolute atomic E-state index is 13.3. The van der Waals surface area contributed by atoms with Crippen LogP contribution >= 0.6 is 0 Å². The molecule has 0 aliphatic carbocycles. The molecule has 1 aliphatic rings. The molecule has 0 spiro atoms. The second kappa shape index (κ2) is 16.0. The quantitative estimate of drug-likeness (QED) is 0.171. The Balaban J connectivity index is 1.64. The molecule has 0 radical (unpaired) electrons. The van der Waals surface area contributed by atoms with Crippen LogP contribution in [0, 0.1) is 0 Å². The molecule has 0 bridgehead atoms. The van der Waals surface area contributed by atoms with Crippen molar-refractivity contribution >= 4 is 30.2 Å². The molecule has 0 fully saturated rings. The zero-order valence-electron chi connectivity index (χ0n) is 23.9. The van der Waals surface area contributed by atoms with Crippen LogP contribution in [0.3, 0.4) is 0 Å². The maximum atomic E-state index is 13.3. The highest BCUT2D eigenvalue weighted by Gasteiger charge is 2.30. The summed E-state index contributed by atoms with van der Waals surface area (Å²) in [6.45, 7) is 1.46. The lowest BCUT2D eigenvalue weighted by molar-refractivity contribution is -0.137. The Morgan fingerprint density at radius 3 is 2.26 bits per heavy atom. The topological polar surface area (TPSA) is 174 Å². The molecule has 3 rings (SSSR count). The number of halogens is 3. The molecule has 0 saturated heterocycles. The normalized spacial score (nSPS) is 14.3. The lowest BCUT2D eigenvalue weighted by atomic mass is 9.79. The van der Waals surface area contributed by atoms with Gasteiger partial charge in [0.15, 0.2) is 5.78 Å². The van der Waals surface area contributed by atoms with Gasteiger partial charge in [-0.05, 0) is 60.0 Å². The van der Waals surface area contributed by atoms with Crippen LogP contribution in [0.5, 0.6) is 0 Å². The summed E-state index contributed by atoms with van der Waals surface area (Å²) >= 11 is 0. The van der Waals surface area contributed by atoms with E-state index in [2.05, 4.69) is 5.32 Å². The Morgan fingerprint density at radius 2 is 1.63 bits per heavy atom. The lowest BCUT2D eigenvalue weighted by Crippen LogP contribution is -2.49. The minimum Gasteiger partial charge on any atom is -0.423 e. The van der Waals surface area contributed by atoms with Crippen LogP contribution in [0.2, 0.25) is 0 Å². The SMILES string of the molecule is NCCN(CCN)C(=O)CC[C@H](N)C(=O)N[C@H](CCc1ccc(C(F)(F)F)cc1)C(=O)CCc1ccc2c(c1)COB2O. The fourth-order valence-electron chi connectivity index (χ4n) is 4.89. The first-order valence-electron chi connectivity index (χ1n) is 14.3. The number of rotatable bonds is 16. The van der Waals surface area contributed by atoms with Crippen molar-refractivity contribution in [3.63, 3.8) is 0 Å². The van der Waals surface area contributed by atoms with E-state index >= 15 is 0 Å². The van der Waals surface area contributed by atoms with Crippen molar-refractivity contribution in [1.82, 2.24) is 10.2 Å². The molecule has 2 aromatic carbocycles. The average molecular weight is 605 g/mol. The van der Waals surface area contributed by atoms with Gasteiger partial charge in [0.05, 0.1) is 24.3 Å². The number of alkyl halides is 3. The lowest BCUT2D eigenvalue weighted by Gasteiger charge is -2.23. The maximum Gasteiger partial charge on any atom is 0.491 e. The summed E-state index contributed by atoms with van der Waals surface area (Å²) in [5, 5.41) is 12.5. The fraction of sp³-hybridized carbons (Fsp3) is 0.483. The zero-order valence-corrected chi connectivity index (χ0v) is 23.9. The Hall–Kier alpha value is -3.30. The van der Waals surface area contributed by atoms with Crippen LogP contribution in [-0.4, -0.2) is 72.9 Å². The minimum absolute atomic E-state index is 0.00447. The van der Waals surface area contributed by atoms with Gasteiger partial charge in [-0.3, -0.25) is 14.4 Å². The third kappa shape index (κ3) is 10.1. The van der Waals surface area contributed by atoms with Gasteiger partial charge in [0.25, 0.3) is 0 Å². The van der Waals surface area contributed by atoms with E-state index in [-0.39, 0.29) is 63.5 Å². The first-order valence-corrected chi connectivity index (χ1v) is 14.3. The Bertz CT molecular complexity index is 1240. The van der Waals surface area contributed by atoms with Crippen LogP contribution in [0.4, 0.5) is 13.2 Å². The number of amides is 2. The summed E-state index contributed by atoms with van der Waals surface area (Å²) in [5.74, 6) is -1.11. The second-order valence-electron chi connectivity index (χ2n) is 10.6. The van der Waals surface area contributed by atoms with E-state index in [0.29, 0.717) is 30.5 Å². The monoisotopic (exact) mass is 605 g/mol. The number of aryl methyl sites for hydroxylation is 2. The standard InChI is InChI=1S/C29H39BF3N5O5/c31-29(32,33)22-6-1-19(2-7-22)4-10-25(26(39)11-5-20-3-8-23-21(17-20)18-43-30(23)42)37-28(41)24(36)9-12-27(40)38(15-13-34)16-14-35/h1-3,6-8,17,24-25,42H,4-5,9-16,18,34-36H2,(H,37,41)/t24-,25+/m0/s1. The number of hydrogen-bond acceptors (Lipinski definition) is 8. The smallest absolute Gasteiger partial charge is 0.423 e. The highest BCUT2D eigenvalue weighted by atomic mass is 19.4. The Kier molecular flexibility index (Phi) is 12.7. The molecule has 0 aromatic heterocycles. The zero-order chi connectivity index (χ0) is 31.6. The van der Waals surface area contributed by atoms with Crippen molar-refractivity contribution in [3.05, 3.63) is 64.7 Å². The number of nitrogens with zero attached hydrogens (tertiary/aromatic N) is 1. The van der Waals surface area contributed by atoms with Gasteiger partial charge in [-0.1, -0.05) is 30.3 Å². The molecule has 10 nitrogen and oxygen atoms in total. The van der Waals surface area contributed by atoms with Crippen molar-refractivity contribution in [2.45, 2.75) is 63.4 Å². The summed E-state index contributed by atoms with van der Waals surface area (Å²) in [4.78, 5) is 40.3. The van der Waals surface area contributed by atoms with Gasteiger partial charge >= 0.3 is 13.3 Å². The van der Waals surface area contributed by atoms with E-state index in [1.165, 1.54) is 17.0 Å². The van der Waals surface area contributed by atoms with Crippen molar-refractivity contribution in [2.24, 2.45) is 17.2 Å². The molecule has 8 N–H and O–H groups in total. The molecule has 2 aromatic rings. The van der Waals surface area contributed by atoms with Crippen LogP contribution in [0.25, 0.3) is 0 Å². The molecule has 0 unspecified atom stereocenters. The number of nitrogens with one attached hydrogen (secondary N) is 1. The van der Waals surface area contributed by atoms with Crippen molar-refractivity contribution in [1.29, 1.82) is 0 Å². The number of benzene rings is 2. The second-order valence-corrected chi connectivity index (χ2v) is 10.6. The minimum atomic E-state index is -4.46. The molecule has 14 heteroatoms. The number of carbonyl (C=O) groups excluding carboxylic acids is 3. The predicted molar refractivity (Wildman–Crippen MR) is 156 cm³/mol. The van der Waals surface area contributed by atoms with Crippen molar-refractivity contribution in [2.75, 3.05) is 26.2 Å². The molecule has 0 saturated carbocycles. The Labute approximate surface area is 249 Å². The van der Waals surface area contributed by atoms with Crippen LogP contribution in [0.15, 0.2) is 42.5 Å². The van der Waals surface area contributed by atoms with Gasteiger partial charge in [0.2, 0.25) is 11.8 Å². The molecular weight excluding hydrogens is 566 g/mol. The molecule has 234 valence electrons. The van der Waals surface area contributed by atoms with Crippen molar-refractivity contribution in [3.8, 4) is 0 Å². The summed E-state index contributed by atoms with van der Waals surface area (Å²) in [6, 6.07) is 8.05. The third-order valence-electron chi connectivity index (χ3n) is 7.40. The summed E-state index contributed by atoms with van der Waals surface area (Å²) in [7, 11) is -0.973. The van der Waals surface area contributed by atoms with E-state index < -0.39 is 36.8 Å².